The summed E-state index contributed by atoms with van der Waals surface area (Å²) in [4.78, 5) is 4.52. The fraction of sp³-hybridized carbons (Fsp3) is 0.350. The van der Waals surface area contributed by atoms with Gasteiger partial charge in [0.25, 0.3) is 0 Å². The van der Waals surface area contributed by atoms with Gasteiger partial charge in [-0.15, -0.1) is 0 Å². The molecule has 0 radical (unpaired) electrons. The molecule has 144 valence electrons. The molecule has 1 saturated heterocycles. The van der Waals surface area contributed by atoms with Gasteiger partial charge in [0.2, 0.25) is 0 Å². The number of rotatable bonds is 4. The van der Waals surface area contributed by atoms with Crippen LogP contribution >= 0.6 is 23.8 Å². The molecule has 1 aliphatic heterocycles. The van der Waals surface area contributed by atoms with E-state index in [-0.39, 0.29) is 0 Å². The predicted octanol–water partition coefficient (Wildman–Crippen LogP) is 4.18. The Kier molecular flexibility index (Phi) is 6.29. The van der Waals surface area contributed by atoms with Crippen LogP contribution in [0.1, 0.15) is 5.56 Å². The second kappa shape index (κ2) is 8.67. The number of thiocarbonyl (C=S) groups is 1. The first-order valence-electron chi connectivity index (χ1n) is 8.81. The molecule has 1 heterocycles. The minimum atomic E-state index is 0.684. The third-order valence-corrected chi connectivity index (χ3v) is 5.32. The van der Waals surface area contributed by atoms with Crippen LogP contribution < -0.4 is 19.7 Å². The van der Waals surface area contributed by atoms with Crippen molar-refractivity contribution in [2.75, 3.05) is 50.6 Å². The number of hydrogen-bond donors (Lipinski definition) is 1. The van der Waals surface area contributed by atoms with E-state index >= 15 is 0 Å². The van der Waals surface area contributed by atoms with Crippen LogP contribution in [-0.4, -0.2) is 50.4 Å². The van der Waals surface area contributed by atoms with Gasteiger partial charge in [-0.25, -0.2) is 0 Å². The highest BCUT2D eigenvalue weighted by Crippen LogP contribution is 2.30. The lowest BCUT2D eigenvalue weighted by atomic mass is 10.1. The fourth-order valence-electron chi connectivity index (χ4n) is 3.18. The molecular formula is C20H24ClN3O2S. The van der Waals surface area contributed by atoms with E-state index in [0.717, 1.165) is 48.4 Å². The number of piperazine rings is 1. The average molecular weight is 406 g/mol. The molecule has 1 fully saturated rings. The minimum absolute atomic E-state index is 0.684. The van der Waals surface area contributed by atoms with Gasteiger partial charge in [-0.1, -0.05) is 17.7 Å². The van der Waals surface area contributed by atoms with E-state index in [4.69, 9.17) is 33.3 Å². The molecule has 5 nitrogen and oxygen atoms in total. The van der Waals surface area contributed by atoms with Gasteiger partial charge in [-0.2, -0.15) is 0 Å². The minimum Gasteiger partial charge on any atom is -0.497 e. The summed E-state index contributed by atoms with van der Waals surface area (Å²) in [6.45, 7) is 5.56. The van der Waals surface area contributed by atoms with Crippen LogP contribution in [-0.2, 0) is 0 Å². The zero-order valence-electron chi connectivity index (χ0n) is 15.8. The fourth-order valence-corrected chi connectivity index (χ4v) is 3.64. The van der Waals surface area contributed by atoms with Crippen molar-refractivity contribution in [2.45, 2.75) is 6.92 Å². The van der Waals surface area contributed by atoms with Gasteiger partial charge in [0.1, 0.15) is 11.5 Å². The Bertz CT molecular complexity index is 823. The van der Waals surface area contributed by atoms with Gasteiger partial charge < -0.3 is 24.6 Å². The molecule has 0 amide bonds. The van der Waals surface area contributed by atoms with Gasteiger partial charge in [-0.3, -0.25) is 0 Å². The number of methoxy groups -OCH3 is 2. The van der Waals surface area contributed by atoms with Crippen molar-refractivity contribution in [3.8, 4) is 11.5 Å². The SMILES string of the molecule is COc1ccc(OC)c(NC(=S)N2CCN(c3cc(Cl)ccc3C)CC2)c1. The molecule has 0 atom stereocenters. The molecule has 0 bridgehead atoms. The van der Waals surface area contributed by atoms with Crippen LogP contribution in [0.25, 0.3) is 0 Å². The maximum absolute atomic E-state index is 6.17. The van der Waals surface area contributed by atoms with Crippen molar-refractivity contribution in [1.82, 2.24) is 4.90 Å². The Morgan fingerprint density at radius 2 is 1.78 bits per heavy atom. The van der Waals surface area contributed by atoms with Crippen LogP contribution in [0.4, 0.5) is 11.4 Å². The summed E-state index contributed by atoms with van der Waals surface area (Å²) in [7, 11) is 3.28. The highest BCUT2D eigenvalue weighted by Gasteiger charge is 2.21. The largest absolute Gasteiger partial charge is 0.497 e. The molecule has 7 heteroatoms. The van der Waals surface area contributed by atoms with Gasteiger partial charge >= 0.3 is 0 Å². The number of anilines is 2. The smallest absolute Gasteiger partial charge is 0.173 e. The zero-order valence-corrected chi connectivity index (χ0v) is 17.4. The van der Waals surface area contributed by atoms with Gasteiger partial charge in [-0.05, 0) is 49.0 Å². The van der Waals surface area contributed by atoms with Crippen LogP contribution in [0.2, 0.25) is 5.02 Å². The number of hydrogen-bond acceptors (Lipinski definition) is 4. The summed E-state index contributed by atoms with van der Waals surface area (Å²) >= 11 is 11.8. The molecule has 2 aromatic rings. The summed E-state index contributed by atoms with van der Waals surface area (Å²) < 4.78 is 10.7. The molecule has 2 aromatic carbocycles. The Morgan fingerprint density at radius 3 is 2.44 bits per heavy atom. The Morgan fingerprint density at radius 1 is 1.04 bits per heavy atom. The quantitative estimate of drug-likeness (QED) is 0.769. The van der Waals surface area contributed by atoms with Gasteiger partial charge in [0.15, 0.2) is 5.11 Å². The summed E-state index contributed by atoms with van der Waals surface area (Å²) in [5, 5.41) is 4.74. The van der Waals surface area contributed by atoms with Crippen LogP contribution in [0.3, 0.4) is 0 Å². The molecule has 1 N–H and O–H groups in total. The third kappa shape index (κ3) is 4.57. The molecule has 0 aliphatic carbocycles. The van der Waals surface area contributed by atoms with Crippen molar-refractivity contribution < 1.29 is 9.47 Å². The van der Waals surface area contributed by atoms with E-state index < -0.39 is 0 Å². The van der Waals surface area contributed by atoms with E-state index in [1.807, 2.05) is 30.3 Å². The third-order valence-electron chi connectivity index (χ3n) is 4.73. The first-order valence-corrected chi connectivity index (χ1v) is 9.59. The van der Waals surface area contributed by atoms with E-state index in [1.54, 1.807) is 14.2 Å². The molecule has 27 heavy (non-hydrogen) atoms. The lowest BCUT2D eigenvalue weighted by Gasteiger charge is -2.38. The summed E-state index contributed by atoms with van der Waals surface area (Å²) in [6.07, 6.45) is 0. The number of ether oxygens (including phenoxy) is 2. The van der Waals surface area contributed by atoms with Crippen LogP contribution in [0.15, 0.2) is 36.4 Å². The van der Waals surface area contributed by atoms with E-state index in [0.29, 0.717) is 5.11 Å². The molecule has 1 aliphatic rings. The second-order valence-electron chi connectivity index (χ2n) is 6.40. The Balaban J connectivity index is 1.64. The zero-order chi connectivity index (χ0) is 19.4. The van der Waals surface area contributed by atoms with Gasteiger partial charge in [0, 0.05) is 43.0 Å². The van der Waals surface area contributed by atoms with Crippen molar-refractivity contribution in [3.05, 3.63) is 47.0 Å². The van der Waals surface area contributed by atoms with E-state index in [2.05, 4.69) is 28.1 Å². The number of nitrogens with zero attached hydrogens (tertiary/aromatic N) is 2. The first-order chi connectivity index (χ1) is 13.0. The maximum Gasteiger partial charge on any atom is 0.173 e. The topological polar surface area (TPSA) is 37.0 Å². The van der Waals surface area contributed by atoms with E-state index in [9.17, 15) is 0 Å². The molecule has 0 aromatic heterocycles. The number of aryl methyl sites for hydroxylation is 1. The molecule has 0 saturated carbocycles. The Labute approximate surface area is 170 Å². The monoisotopic (exact) mass is 405 g/mol. The second-order valence-corrected chi connectivity index (χ2v) is 7.22. The number of nitrogens with one attached hydrogen (secondary N) is 1. The van der Waals surface area contributed by atoms with Crippen molar-refractivity contribution >= 4 is 40.3 Å². The molecule has 0 spiro atoms. The van der Waals surface area contributed by atoms with E-state index in [1.165, 1.54) is 11.3 Å². The van der Waals surface area contributed by atoms with Crippen LogP contribution in [0, 0.1) is 6.92 Å². The Hall–Kier alpha value is -2.18. The summed E-state index contributed by atoms with van der Waals surface area (Å²) in [5.74, 6) is 1.48. The maximum atomic E-state index is 6.17. The summed E-state index contributed by atoms with van der Waals surface area (Å²) in [5.41, 5.74) is 3.22. The van der Waals surface area contributed by atoms with Crippen molar-refractivity contribution in [1.29, 1.82) is 0 Å². The average Bonchev–Trinajstić information content (AvgIpc) is 2.69. The first kappa shape index (κ1) is 19.6. The summed E-state index contributed by atoms with van der Waals surface area (Å²) in [6, 6.07) is 11.6. The van der Waals surface area contributed by atoms with Crippen LogP contribution in [0.5, 0.6) is 11.5 Å². The van der Waals surface area contributed by atoms with Crippen molar-refractivity contribution in [3.63, 3.8) is 0 Å². The molecular weight excluding hydrogens is 382 g/mol. The highest BCUT2D eigenvalue weighted by molar-refractivity contribution is 7.80. The molecule has 0 unspecified atom stereocenters. The normalized spacial score (nSPS) is 14.1. The lowest BCUT2D eigenvalue weighted by Crippen LogP contribution is -2.50. The lowest BCUT2D eigenvalue weighted by molar-refractivity contribution is 0.389. The number of benzene rings is 2. The van der Waals surface area contributed by atoms with Crippen molar-refractivity contribution in [2.24, 2.45) is 0 Å². The highest BCUT2D eigenvalue weighted by atomic mass is 35.5. The standard InChI is InChI=1S/C20H24ClN3O2S/c1-14-4-5-15(21)12-18(14)23-8-10-24(11-9-23)20(27)22-17-13-16(25-2)6-7-19(17)26-3/h4-7,12-13H,8-11H2,1-3H3,(H,22,27). The van der Waals surface area contributed by atoms with Gasteiger partial charge in [0.05, 0.1) is 19.9 Å². The molecule has 3 rings (SSSR count). The number of halogens is 1. The predicted molar refractivity (Wildman–Crippen MR) is 116 cm³/mol.